The first-order chi connectivity index (χ1) is 11.8. The Kier molecular flexibility index (Phi) is 6.98. The topological polar surface area (TPSA) is 71.1 Å². The average Bonchev–Trinajstić information content (AvgIpc) is 2.51. The fourth-order valence-corrected chi connectivity index (χ4v) is 1.98. The third kappa shape index (κ3) is 6.52. The van der Waals surface area contributed by atoms with Crippen molar-refractivity contribution in [2.75, 3.05) is 0 Å². The van der Waals surface area contributed by atoms with Gasteiger partial charge in [0.25, 0.3) is 5.79 Å². The largest absolute Gasteiger partial charge is 0.511 e. The summed E-state index contributed by atoms with van der Waals surface area (Å²) in [6, 6.07) is 7.83. The van der Waals surface area contributed by atoms with E-state index in [2.05, 4.69) is 25.3 Å². The molecule has 144 valence electrons. The molecule has 6 nitrogen and oxygen atoms in total. The van der Waals surface area contributed by atoms with Gasteiger partial charge in [-0.3, -0.25) is 4.89 Å². The Hall–Kier alpha value is -2.34. The molecule has 0 aliphatic carbocycles. The first kappa shape index (κ1) is 21.7. The summed E-state index contributed by atoms with van der Waals surface area (Å²) in [5.41, 5.74) is 1.28. The van der Waals surface area contributed by atoms with Crippen LogP contribution in [0.25, 0.3) is 0 Å². The number of hydrogen-bond donors (Lipinski definition) is 0. The number of rotatable bonds is 7. The van der Waals surface area contributed by atoms with Crippen molar-refractivity contribution >= 4 is 12.1 Å². The molecule has 0 N–H and O–H groups in total. The maximum absolute atomic E-state index is 12.1. The van der Waals surface area contributed by atoms with Gasteiger partial charge in [0.15, 0.2) is 0 Å². The fraction of sp³-hybridized carbons (Fsp3) is 0.500. The summed E-state index contributed by atoms with van der Waals surface area (Å²) >= 11 is 0. The van der Waals surface area contributed by atoms with E-state index in [1.807, 2.05) is 24.3 Å². The molecule has 0 radical (unpaired) electrons. The van der Waals surface area contributed by atoms with Crippen molar-refractivity contribution in [2.24, 2.45) is 0 Å². The highest BCUT2D eigenvalue weighted by molar-refractivity contribution is 5.86. The minimum absolute atomic E-state index is 0.161. The summed E-state index contributed by atoms with van der Waals surface area (Å²) in [5, 5.41) is 0. The summed E-state index contributed by atoms with van der Waals surface area (Å²) in [6.07, 6.45) is -0.945. The van der Waals surface area contributed by atoms with Gasteiger partial charge in [0.1, 0.15) is 5.60 Å². The van der Waals surface area contributed by atoms with Crippen LogP contribution in [0.15, 0.2) is 36.4 Å². The maximum atomic E-state index is 12.1. The Balaban J connectivity index is 2.69. The van der Waals surface area contributed by atoms with Crippen molar-refractivity contribution in [1.29, 1.82) is 0 Å². The van der Waals surface area contributed by atoms with Crippen molar-refractivity contribution in [3.63, 3.8) is 0 Å². The lowest BCUT2D eigenvalue weighted by Crippen LogP contribution is -2.35. The Morgan fingerprint density at radius 3 is 2.00 bits per heavy atom. The third-order valence-corrected chi connectivity index (χ3v) is 3.61. The van der Waals surface area contributed by atoms with Crippen LogP contribution in [0.5, 0.6) is 0 Å². The monoisotopic (exact) mass is 364 g/mol. The summed E-state index contributed by atoms with van der Waals surface area (Å²) in [5.74, 6) is -1.85. The Bertz CT molecular complexity index is 655. The van der Waals surface area contributed by atoms with Gasteiger partial charge in [0.05, 0.1) is 0 Å². The molecular weight excluding hydrogens is 336 g/mol. The standard InChI is InChI=1S/C20H28O6/c1-13(2)15-9-11-16(12-10-15)19(5,6)23-18(22)24-20(7,8)26-25-17(21)14(3)4/h9-13H,3H2,1-2,4-8H3. The van der Waals surface area contributed by atoms with Crippen LogP contribution in [0.1, 0.15) is 65.5 Å². The van der Waals surface area contributed by atoms with E-state index in [0.717, 1.165) is 5.56 Å². The molecule has 0 saturated heterocycles. The molecule has 1 rings (SSSR count). The van der Waals surface area contributed by atoms with Crippen molar-refractivity contribution in [2.45, 2.75) is 65.8 Å². The second-order valence-electron chi connectivity index (χ2n) is 7.38. The van der Waals surface area contributed by atoms with E-state index in [1.54, 1.807) is 13.8 Å². The Morgan fingerprint density at radius 1 is 1.00 bits per heavy atom. The van der Waals surface area contributed by atoms with Crippen LogP contribution in [0.4, 0.5) is 4.79 Å². The van der Waals surface area contributed by atoms with Crippen LogP contribution >= 0.6 is 0 Å². The second kappa shape index (κ2) is 8.36. The second-order valence-corrected chi connectivity index (χ2v) is 7.38. The van der Waals surface area contributed by atoms with E-state index in [0.29, 0.717) is 5.92 Å². The number of benzene rings is 1. The molecule has 0 saturated carbocycles. The molecule has 0 amide bonds. The molecule has 0 aliphatic rings. The molecule has 0 aliphatic heterocycles. The number of ether oxygens (including phenoxy) is 2. The van der Waals surface area contributed by atoms with Crippen LogP contribution < -0.4 is 0 Å². The normalized spacial score (nSPS) is 11.8. The van der Waals surface area contributed by atoms with Crippen LogP contribution in [-0.2, 0) is 29.6 Å². The minimum Gasteiger partial charge on any atom is -0.423 e. The lowest BCUT2D eigenvalue weighted by Gasteiger charge is -2.28. The molecule has 1 aromatic carbocycles. The highest BCUT2D eigenvalue weighted by Crippen LogP contribution is 2.28. The van der Waals surface area contributed by atoms with Crippen LogP contribution in [0.3, 0.4) is 0 Å². The molecule has 0 aromatic heterocycles. The molecule has 0 spiro atoms. The highest BCUT2D eigenvalue weighted by atomic mass is 17.2. The molecular formula is C20H28O6. The van der Waals surface area contributed by atoms with E-state index in [1.165, 1.54) is 26.3 Å². The van der Waals surface area contributed by atoms with Gasteiger partial charge < -0.3 is 9.47 Å². The lowest BCUT2D eigenvalue weighted by atomic mass is 9.94. The lowest BCUT2D eigenvalue weighted by molar-refractivity contribution is -0.379. The van der Waals surface area contributed by atoms with E-state index < -0.39 is 23.5 Å². The number of carbonyl (C=O) groups is 2. The number of carbonyl (C=O) groups excluding carboxylic acids is 2. The zero-order valence-corrected chi connectivity index (χ0v) is 16.5. The Morgan fingerprint density at radius 2 is 1.54 bits per heavy atom. The predicted octanol–water partition coefficient (Wildman–Crippen LogP) is 4.99. The van der Waals surface area contributed by atoms with Crippen molar-refractivity contribution in [1.82, 2.24) is 0 Å². The number of hydrogen-bond acceptors (Lipinski definition) is 6. The minimum atomic E-state index is -1.51. The van der Waals surface area contributed by atoms with Gasteiger partial charge in [-0.1, -0.05) is 44.7 Å². The molecule has 0 unspecified atom stereocenters. The van der Waals surface area contributed by atoms with E-state index in [-0.39, 0.29) is 5.57 Å². The Labute approximate surface area is 155 Å². The smallest absolute Gasteiger partial charge is 0.423 e. The zero-order chi connectivity index (χ0) is 20.1. The van der Waals surface area contributed by atoms with Gasteiger partial charge in [-0.2, -0.15) is 0 Å². The molecule has 0 bridgehead atoms. The van der Waals surface area contributed by atoms with Gasteiger partial charge in [0.2, 0.25) is 0 Å². The summed E-state index contributed by atoms with van der Waals surface area (Å²) in [4.78, 5) is 32.9. The quantitative estimate of drug-likeness (QED) is 0.223. The molecule has 1 aromatic rings. The molecule has 0 atom stereocenters. The van der Waals surface area contributed by atoms with Crippen molar-refractivity contribution < 1.29 is 28.8 Å². The fourth-order valence-electron chi connectivity index (χ4n) is 1.98. The van der Waals surface area contributed by atoms with Crippen LogP contribution in [0.2, 0.25) is 0 Å². The van der Waals surface area contributed by atoms with Gasteiger partial charge >= 0.3 is 12.1 Å². The van der Waals surface area contributed by atoms with Crippen LogP contribution in [0, 0.1) is 0 Å². The van der Waals surface area contributed by atoms with E-state index >= 15 is 0 Å². The molecule has 6 heteroatoms. The van der Waals surface area contributed by atoms with Crippen molar-refractivity contribution in [3.05, 3.63) is 47.5 Å². The van der Waals surface area contributed by atoms with Crippen LogP contribution in [-0.4, -0.2) is 17.9 Å². The predicted molar refractivity (Wildman–Crippen MR) is 97.2 cm³/mol. The zero-order valence-electron chi connectivity index (χ0n) is 16.5. The molecule has 0 fully saturated rings. The van der Waals surface area contributed by atoms with Crippen molar-refractivity contribution in [3.8, 4) is 0 Å². The van der Waals surface area contributed by atoms with Gasteiger partial charge in [-0.15, -0.1) is 4.89 Å². The average molecular weight is 364 g/mol. The van der Waals surface area contributed by atoms with Gasteiger partial charge in [0, 0.05) is 19.4 Å². The van der Waals surface area contributed by atoms with Gasteiger partial charge in [-0.25, -0.2) is 9.59 Å². The van der Waals surface area contributed by atoms with Gasteiger partial charge in [-0.05, 0) is 37.8 Å². The first-order valence-corrected chi connectivity index (χ1v) is 8.42. The highest BCUT2D eigenvalue weighted by Gasteiger charge is 2.32. The molecule has 0 heterocycles. The third-order valence-electron chi connectivity index (χ3n) is 3.61. The molecule has 26 heavy (non-hydrogen) atoms. The van der Waals surface area contributed by atoms with E-state index in [9.17, 15) is 9.59 Å². The summed E-state index contributed by atoms with van der Waals surface area (Å²) < 4.78 is 10.5. The summed E-state index contributed by atoms with van der Waals surface area (Å²) in [7, 11) is 0. The SMILES string of the molecule is C=C(C)C(=O)OOC(C)(C)OC(=O)OC(C)(C)c1ccc(C(C)C)cc1. The first-order valence-electron chi connectivity index (χ1n) is 8.42. The summed E-state index contributed by atoms with van der Waals surface area (Å²) in [6.45, 7) is 15.5. The maximum Gasteiger partial charge on any atom is 0.511 e. The van der Waals surface area contributed by atoms with E-state index in [4.69, 9.17) is 14.4 Å².